The van der Waals surface area contributed by atoms with Gasteiger partial charge in [0.2, 0.25) is 0 Å². The number of allylic oxidation sites excluding steroid dienone is 1. The van der Waals surface area contributed by atoms with E-state index in [1.54, 1.807) is 0 Å². The maximum absolute atomic E-state index is 11.2. The van der Waals surface area contributed by atoms with E-state index in [2.05, 4.69) is 24.4 Å². The lowest BCUT2D eigenvalue weighted by atomic mass is 10.1. The zero-order valence-electron chi connectivity index (χ0n) is 14.6. The number of hydrogen-bond donors (Lipinski definition) is 1. The lowest BCUT2D eigenvalue weighted by molar-refractivity contribution is 0.0369. The van der Waals surface area contributed by atoms with Crippen LogP contribution in [0, 0.1) is 0 Å². The Balaban J connectivity index is 1.41. The van der Waals surface area contributed by atoms with Crippen molar-refractivity contribution in [1.29, 1.82) is 0 Å². The standard InChI is InChI=1S/C19H33NO3/c1-2-3-4-5-6-7-8-9-10-11-12-13-14-17-18-16(15-22-17)20-19(21)23-18/h12-13,16-18H,2-11,14-15H2,1H3,(H,20,21)/t16-,17-,18-/m0/s1. The van der Waals surface area contributed by atoms with Gasteiger partial charge in [0.05, 0.1) is 12.6 Å². The molecule has 2 heterocycles. The first-order chi connectivity index (χ1) is 11.3. The first kappa shape index (κ1) is 18.3. The van der Waals surface area contributed by atoms with Crippen LogP contribution in [0.4, 0.5) is 4.79 Å². The van der Waals surface area contributed by atoms with E-state index in [9.17, 15) is 4.79 Å². The summed E-state index contributed by atoms with van der Waals surface area (Å²) in [5.74, 6) is 0. The SMILES string of the molecule is CCCCCCCCCCCC=CC[C@@H]1OC[C@@H]2NC(=O)O[C@@H]21. The maximum Gasteiger partial charge on any atom is 0.408 e. The number of amides is 1. The van der Waals surface area contributed by atoms with Crippen molar-refractivity contribution < 1.29 is 14.3 Å². The Kier molecular flexibility index (Phi) is 8.51. The van der Waals surface area contributed by atoms with Gasteiger partial charge in [0.15, 0.2) is 6.10 Å². The Morgan fingerprint density at radius 1 is 1.04 bits per heavy atom. The molecule has 2 aliphatic rings. The summed E-state index contributed by atoms with van der Waals surface area (Å²) in [5.41, 5.74) is 0. The normalized spacial score (nSPS) is 26.5. The van der Waals surface area contributed by atoms with Crippen molar-refractivity contribution in [2.24, 2.45) is 0 Å². The zero-order valence-corrected chi connectivity index (χ0v) is 14.6. The van der Waals surface area contributed by atoms with Crippen LogP contribution in [0.2, 0.25) is 0 Å². The van der Waals surface area contributed by atoms with Gasteiger partial charge in [0, 0.05) is 0 Å². The van der Waals surface area contributed by atoms with Gasteiger partial charge < -0.3 is 14.8 Å². The molecular weight excluding hydrogens is 290 g/mol. The third-order valence-electron chi connectivity index (χ3n) is 4.81. The molecule has 0 saturated carbocycles. The molecule has 4 heteroatoms. The van der Waals surface area contributed by atoms with Crippen LogP contribution in [0.3, 0.4) is 0 Å². The Hall–Kier alpha value is -1.03. The van der Waals surface area contributed by atoms with Crippen molar-refractivity contribution >= 4 is 6.09 Å². The van der Waals surface area contributed by atoms with Gasteiger partial charge in [-0.15, -0.1) is 0 Å². The molecule has 2 rings (SSSR count). The smallest absolute Gasteiger partial charge is 0.408 e. The summed E-state index contributed by atoms with van der Waals surface area (Å²) in [7, 11) is 0. The summed E-state index contributed by atoms with van der Waals surface area (Å²) < 4.78 is 10.9. The second-order valence-electron chi connectivity index (χ2n) is 6.82. The Morgan fingerprint density at radius 2 is 1.74 bits per heavy atom. The molecule has 2 aliphatic heterocycles. The number of carbonyl (C=O) groups is 1. The molecule has 0 radical (unpaired) electrons. The molecule has 0 aromatic heterocycles. The van der Waals surface area contributed by atoms with E-state index in [0.717, 1.165) is 12.8 Å². The van der Waals surface area contributed by atoms with Crippen molar-refractivity contribution in [1.82, 2.24) is 5.32 Å². The quantitative estimate of drug-likeness (QED) is 0.417. The number of nitrogens with one attached hydrogen (secondary N) is 1. The van der Waals surface area contributed by atoms with Gasteiger partial charge in [-0.25, -0.2) is 4.79 Å². The van der Waals surface area contributed by atoms with Crippen LogP contribution in [0.1, 0.15) is 77.6 Å². The van der Waals surface area contributed by atoms with Gasteiger partial charge in [-0.05, 0) is 19.3 Å². The van der Waals surface area contributed by atoms with Gasteiger partial charge in [0.25, 0.3) is 0 Å². The average Bonchev–Trinajstić information content (AvgIpc) is 3.08. The highest BCUT2D eigenvalue weighted by molar-refractivity contribution is 5.70. The fraction of sp³-hybridized carbons (Fsp3) is 0.842. The van der Waals surface area contributed by atoms with Gasteiger partial charge in [-0.2, -0.15) is 0 Å². The number of ether oxygens (including phenoxy) is 2. The van der Waals surface area contributed by atoms with Crippen LogP contribution < -0.4 is 5.32 Å². The topological polar surface area (TPSA) is 47.6 Å². The van der Waals surface area contributed by atoms with E-state index in [1.807, 2.05) is 0 Å². The molecule has 2 fully saturated rings. The number of alkyl carbamates (subject to hydrolysis) is 1. The summed E-state index contributed by atoms with van der Waals surface area (Å²) in [6.45, 7) is 2.84. The van der Waals surface area contributed by atoms with Crippen LogP contribution in [0.15, 0.2) is 12.2 Å². The number of rotatable bonds is 12. The largest absolute Gasteiger partial charge is 0.441 e. The molecule has 0 aromatic carbocycles. The molecule has 0 aliphatic carbocycles. The molecule has 4 nitrogen and oxygen atoms in total. The number of hydrogen-bond acceptors (Lipinski definition) is 3. The highest BCUT2D eigenvalue weighted by atomic mass is 16.6. The Morgan fingerprint density at radius 3 is 2.48 bits per heavy atom. The first-order valence-electron chi connectivity index (χ1n) is 9.55. The second kappa shape index (κ2) is 10.7. The fourth-order valence-electron chi connectivity index (χ4n) is 3.39. The van der Waals surface area contributed by atoms with Gasteiger partial charge >= 0.3 is 6.09 Å². The van der Waals surface area contributed by atoms with Crippen LogP contribution in [-0.4, -0.2) is 30.9 Å². The van der Waals surface area contributed by atoms with Crippen molar-refractivity contribution in [2.45, 2.75) is 95.8 Å². The monoisotopic (exact) mass is 323 g/mol. The van der Waals surface area contributed by atoms with Gasteiger partial charge in [0.1, 0.15) is 6.10 Å². The lowest BCUT2D eigenvalue weighted by Gasteiger charge is -2.12. The molecule has 0 unspecified atom stereocenters. The summed E-state index contributed by atoms with van der Waals surface area (Å²) >= 11 is 0. The molecule has 1 amide bonds. The van der Waals surface area contributed by atoms with Crippen LogP contribution in [-0.2, 0) is 9.47 Å². The number of fused-ring (bicyclic) bond motifs is 1. The Bertz CT molecular complexity index is 370. The van der Waals surface area contributed by atoms with Crippen molar-refractivity contribution in [3.05, 3.63) is 12.2 Å². The molecule has 132 valence electrons. The predicted molar refractivity (Wildman–Crippen MR) is 92.5 cm³/mol. The molecule has 2 saturated heterocycles. The van der Waals surface area contributed by atoms with Crippen molar-refractivity contribution in [2.75, 3.05) is 6.61 Å². The van der Waals surface area contributed by atoms with Gasteiger partial charge in [-0.1, -0.05) is 70.4 Å². The predicted octanol–water partition coefficient (Wildman–Crippen LogP) is 4.73. The molecule has 0 bridgehead atoms. The highest BCUT2D eigenvalue weighted by Gasteiger charge is 2.45. The molecule has 3 atom stereocenters. The fourth-order valence-corrected chi connectivity index (χ4v) is 3.39. The summed E-state index contributed by atoms with van der Waals surface area (Å²) in [4.78, 5) is 11.2. The zero-order chi connectivity index (χ0) is 16.3. The Labute approximate surface area is 141 Å². The number of unbranched alkanes of at least 4 members (excludes halogenated alkanes) is 9. The minimum absolute atomic E-state index is 0.0262. The van der Waals surface area contributed by atoms with E-state index in [1.165, 1.54) is 57.8 Å². The average molecular weight is 323 g/mol. The third kappa shape index (κ3) is 6.54. The van der Waals surface area contributed by atoms with E-state index in [0.29, 0.717) is 6.61 Å². The third-order valence-corrected chi connectivity index (χ3v) is 4.81. The van der Waals surface area contributed by atoms with Crippen LogP contribution in [0.5, 0.6) is 0 Å². The minimum atomic E-state index is -0.299. The molecule has 1 N–H and O–H groups in total. The first-order valence-corrected chi connectivity index (χ1v) is 9.55. The molecule has 0 spiro atoms. The van der Waals surface area contributed by atoms with Crippen LogP contribution in [0.25, 0.3) is 0 Å². The summed E-state index contributed by atoms with van der Waals surface area (Å²) in [6.07, 6.45) is 18.4. The molecule has 23 heavy (non-hydrogen) atoms. The van der Waals surface area contributed by atoms with Crippen LogP contribution >= 0.6 is 0 Å². The van der Waals surface area contributed by atoms with E-state index in [-0.39, 0.29) is 24.3 Å². The maximum atomic E-state index is 11.2. The molecular formula is C19H33NO3. The summed E-state index contributed by atoms with van der Waals surface area (Å²) in [5, 5.41) is 2.78. The minimum Gasteiger partial charge on any atom is -0.441 e. The van der Waals surface area contributed by atoms with E-state index < -0.39 is 0 Å². The van der Waals surface area contributed by atoms with Gasteiger partial charge in [-0.3, -0.25) is 0 Å². The van der Waals surface area contributed by atoms with Crippen molar-refractivity contribution in [3.63, 3.8) is 0 Å². The van der Waals surface area contributed by atoms with E-state index >= 15 is 0 Å². The highest BCUT2D eigenvalue weighted by Crippen LogP contribution is 2.25. The van der Waals surface area contributed by atoms with E-state index in [4.69, 9.17) is 9.47 Å². The second-order valence-corrected chi connectivity index (χ2v) is 6.82. The molecule has 0 aromatic rings. The summed E-state index contributed by atoms with van der Waals surface area (Å²) in [6, 6.07) is 0.0539. The lowest BCUT2D eigenvalue weighted by Crippen LogP contribution is -2.32. The number of carbonyl (C=O) groups excluding carboxylic acids is 1. The van der Waals surface area contributed by atoms with Crippen molar-refractivity contribution in [3.8, 4) is 0 Å².